The molecule has 2 aliphatic rings. The number of carbonyl (C=O) groups is 1. The van der Waals surface area contributed by atoms with Crippen molar-refractivity contribution < 1.29 is 4.79 Å². The van der Waals surface area contributed by atoms with E-state index in [-0.39, 0.29) is 11.3 Å². The summed E-state index contributed by atoms with van der Waals surface area (Å²) in [5.74, 6) is 1.19. The first-order chi connectivity index (χ1) is 8.74. The molecule has 18 heavy (non-hydrogen) atoms. The first-order valence-corrected chi connectivity index (χ1v) is 7.71. The normalized spacial score (nSPS) is 22.7. The van der Waals surface area contributed by atoms with E-state index in [1.807, 2.05) is 0 Å². The molecule has 3 heteroatoms. The highest BCUT2D eigenvalue weighted by atomic mass is 16.1. The van der Waals surface area contributed by atoms with E-state index >= 15 is 0 Å². The minimum absolute atomic E-state index is 0.110. The Labute approximate surface area is 111 Å². The van der Waals surface area contributed by atoms with Crippen LogP contribution in [0.2, 0.25) is 0 Å². The Morgan fingerprint density at radius 3 is 2.56 bits per heavy atom. The van der Waals surface area contributed by atoms with Gasteiger partial charge in [0.05, 0.1) is 0 Å². The Bertz CT molecular complexity index is 268. The molecule has 0 radical (unpaired) electrons. The van der Waals surface area contributed by atoms with E-state index < -0.39 is 0 Å². The maximum atomic E-state index is 12.0. The maximum absolute atomic E-state index is 12.0. The van der Waals surface area contributed by atoms with Gasteiger partial charge >= 0.3 is 0 Å². The van der Waals surface area contributed by atoms with Crippen LogP contribution in [0.3, 0.4) is 0 Å². The average Bonchev–Trinajstić information content (AvgIpc) is 3.20. The third-order valence-electron chi connectivity index (χ3n) is 4.69. The molecule has 2 saturated carbocycles. The fourth-order valence-corrected chi connectivity index (χ4v) is 3.18. The van der Waals surface area contributed by atoms with Crippen molar-refractivity contribution in [1.29, 1.82) is 0 Å². The molecule has 0 aromatic rings. The zero-order chi connectivity index (χ0) is 12.8. The van der Waals surface area contributed by atoms with Crippen LogP contribution in [0.5, 0.6) is 0 Å². The summed E-state index contributed by atoms with van der Waals surface area (Å²) in [5.41, 5.74) is 6.02. The van der Waals surface area contributed by atoms with Crippen molar-refractivity contribution in [1.82, 2.24) is 5.32 Å². The second kappa shape index (κ2) is 6.55. The molecule has 0 bridgehead atoms. The van der Waals surface area contributed by atoms with Crippen molar-refractivity contribution in [3.8, 4) is 0 Å². The van der Waals surface area contributed by atoms with Crippen LogP contribution in [0.1, 0.15) is 64.2 Å². The highest BCUT2D eigenvalue weighted by Crippen LogP contribution is 2.38. The number of amides is 1. The zero-order valence-corrected chi connectivity index (χ0v) is 11.5. The molecular formula is C15H28N2O. The van der Waals surface area contributed by atoms with E-state index in [0.717, 1.165) is 31.7 Å². The molecule has 0 saturated heterocycles. The van der Waals surface area contributed by atoms with Gasteiger partial charge in [-0.25, -0.2) is 0 Å². The van der Waals surface area contributed by atoms with Gasteiger partial charge in [-0.15, -0.1) is 0 Å². The van der Waals surface area contributed by atoms with Gasteiger partial charge in [0.1, 0.15) is 0 Å². The van der Waals surface area contributed by atoms with E-state index in [1.165, 1.54) is 38.5 Å². The van der Waals surface area contributed by atoms with E-state index in [9.17, 15) is 4.79 Å². The molecule has 0 spiro atoms. The van der Waals surface area contributed by atoms with E-state index in [1.54, 1.807) is 0 Å². The standard InChI is InChI=1S/C15H28N2O/c16-12-15(8-2-1-3-9-15)11-14(18)17-10-4-5-13-6-7-13/h13H,1-12,16H2,(H,17,18). The Hall–Kier alpha value is -0.570. The van der Waals surface area contributed by atoms with Crippen molar-refractivity contribution >= 4 is 5.91 Å². The lowest BCUT2D eigenvalue weighted by molar-refractivity contribution is -0.123. The quantitative estimate of drug-likeness (QED) is 0.684. The third kappa shape index (κ3) is 4.27. The Morgan fingerprint density at radius 1 is 1.22 bits per heavy atom. The van der Waals surface area contributed by atoms with Gasteiger partial charge in [-0.3, -0.25) is 4.79 Å². The van der Waals surface area contributed by atoms with Crippen molar-refractivity contribution in [2.75, 3.05) is 13.1 Å². The molecule has 2 fully saturated rings. The molecule has 2 rings (SSSR count). The lowest BCUT2D eigenvalue weighted by atomic mass is 9.71. The molecule has 0 aromatic heterocycles. The molecule has 0 aliphatic heterocycles. The highest BCUT2D eigenvalue weighted by Gasteiger charge is 2.32. The van der Waals surface area contributed by atoms with Crippen LogP contribution in [0.4, 0.5) is 0 Å². The van der Waals surface area contributed by atoms with Crippen LogP contribution in [0.25, 0.3) is 0 Å². The fraction of sp³-hybridized carbons (Fsp3) is 0.933. The summed E-state index contributed by atoms with van der Waals surface area (Å²) in [7, 11) is 0. The summed E-state index contributed by atoms with van der Waals surface area (Å²) < 4.78 is 0. The number of hydrogen-bond acceptors (Lipinski definition) is 2. The number of nitrogens with one attached hydrogen (secondary N) is 1. The minimum Gasteiger partial charge on any atom is -0.356 e. The molecule has 3 nitrogen and oxygen atoms in total. The third-order valence-corrected chi connectivity index (χ3v) is 4.69. The second-order valence-electron chi connectivity index (χ2n) is 6.38. The highest BCUT2D eigenvalue weighted by molar-refractivity contribution is 5.76. The number of rotatable bonds is 7. The van der Waals surface area contributed by atoms with Gasteiger partial charge in [-0.2, -0.15) is 0 Å². The molecular weight excluding hydrogens is 224 g/mol. The van der Waals surface area contributed by atoms with Crippen LogP contribution in [-0.2, 0) is 4.79 Å². The molecule has 0 heterocycles. The van der Waals surface area contributed by atoms with Crippen LogP contribution < -0.4 is 11.1 Å². The largest absolute Gasteiger partial charge is 0.356 e. The van der Waals surface area contributed by atoms with E-state index in [2.05, 4.69) is 5.32 Å². The van der Waals surface area contributed by atoms with Crippen molar-refractivity contribution in [3.05, 3.63) is 0 Å². The summed E-state index contributed by atoms with van der Waals surface area (Å²) in [4.78, 5) is 12.0. The summed E-state index contributed by atoms with van der Waals surface area (Å²) in [6.45, 7) is 1.53. The van der Waals surface area contributed by atoms with Crippen LogP contribution in [-0.4, -0.2) is 19.0 Å². The predicted molar refractivity (Wildman–Crippen MR) is 74.2 cm³/mol. The average molecular weight is 252 g/mol. The molecule has 0 aromatic carbocycles. The Kier molecular flexibility index (Phi) is 5.04. The van der Waals surface area contributed by atoms with Gasteiger partial charge < -0.3 is 11.1 Å². The SMILES string of the molecule is NCC1(CC(=O)NCCCC2CC2)CCCCC1. The molecule has 0 atom stereocenters. The summed E-state index contributed by atoms with van der Waals surface area (Å²) >= 11 is 0. The molecule has 0 unspecified atom stereocenters. The number of nitrogens with two attached hydrogens (primary N) is 1. The molecule has 1 amide bonds. The number of carbonyl (C=O) groups excluding carboxylic acids is 1. The van der Waals surface area contributed by atoms with Gasteiger partial charge in [0.25, 0.3) is 0 Å². The van der Waals surface area contributed by atoms with Gasteiger partial charge in [0.15, 0.2) is 0 Å². The lowest BCUT2D eigenvalue weighted by Crippen LogP contribution is -2.38. The van der Waals surface area contributed by atoms with Crippen molar-refractivity contribution in [2.24, 2.45) is 17.1 Å². The summed E-state index contributed by atoms with van der Waals surface area (Å²) in [6, 6.07) is 0. The lowest BCUT2D eigenvalue weighted by Gasteiger charge is -2.35. The fourth-order valence-electron chi connectivity index (χ4n) is 3.18. The second-order valence-corrected chi connectivity index (χ2v) is 6.38. The predicted octanol–water partition coefficient (Wildman–Crippen LogP) is 2.59. The van der Waals surface area contributed by atoms with Gasteiger partial charge in [0.2, 0.25) is 5.91 Å². The Balaban J connectivity index is 1.64. The number of hydrogen-bond donors (Lipinski definition) is 2. The maximum Gasteiger partial charge on any atom is 0.220 e. The smallest absolute Gasteiger partial charge is 0.220 e. The topological polar surface area (TPSA) is 55.1 Å². The first-order valence-electron chi connectivity index (χ1n) is 7.71. The zero-order valence-electron chi connectivity index (χ0n) is 11.5. The Morgan fingerprint density at radius 2 is 1.94 bits per heavy atom. The van der Waals surface area contributed by atoms with Crippen molar-refractivity contribution in [2.45, 2.75) is 64.2 Å². The minimum atomic E-state index is 0.110. The molecule has 2 aliphatic carbocycles. The van der Waals surface area contributed by atoms with Crippen LogP contribution in [0, 0.1) is 11.3 Å². The van der Waals surface area contributed by atoms with E-state index in [0.29, 0.717) is 13.0 Å². The van der Waals surface area contributed by atoms with E-state index in [4.69, 9.17) is 5.73 Å². The first kappa shape index (κ1) is 13.9. The van der Waals surface area contributed by atoms with Crippen LogP contribution >= 0.6 is 0 Å². The van der Waals surface area contributed by atoms with Crippen LogP contribution in [0.15, 0.2) is 0 Å². The van der Waals surface area contributed by atoms with Gasteiger partial charge in [-0.05, 0) is 43.6 Å². The van der Waals surface area contributed by atoms with Gasteiger partial charge in [0, 0.05) is 13.0 Å². The van der Waals surface area contributed by atoms with Gasteiger partial charge in [-0.1, -0.05) is 32.1 Å². The molecule has 104 valence electrons. The summed E-state index contributed by atoms with van der Waals surface area (Å²) in [5, 5.41) is 3.08. The monoisotopic (exact) mass is 252 g/mol. The van der Waals surface area contributed by atoms with Crippen molar-refractivity contribution in [3.63, 3.8) is 0 Å². The molecule has 3 N–H and O–H groups in total. The summed E-state index contributed by atoms with van der Waals surface area (Å²) in [6.07, 6.45) is 12.0.